The topological polar surface area (TPSA) is 59.1 Å². The lowest BCUT2D eigenvalue weighted by Crippen LogP contribution is -2.46. The Balaban J connectivity index is 2.34. The average Bonchev–Trinajstić information content (AvgIpc) is 2.28. The van der Waals surface area contributed by atoms with Crippen LogP contribution in [-0.4, -0.2) is 16.8 Å². The molecule has 1 aliphatic heterocycles. The lowest BCUT2D eigenvalue weighted by atomic mass is 9.76. The molecule has 2 atom stereocenters. The molecule has 5 heteroatoms. The summed E-state index contributed by atoms with van der Waals surface area (Å²) in [4.78, 5) is 27.8. The van der Waals surface area contributed by atoms with E-state index in [9.17, 15) is 9.59 Å². The highest BCUT2D eigenvalue weighted by Crippen LogP contribution is 2.35. The molecule has 0 aromatic carbocycles. The Kier molecular flexibility index (Phi) is 3.80. The maximum atomic E-state index is 11.9. The molecule has 1 aliphatic rings. The number of nitrogens with one attached hydrogen (secondary N) is 1. The number of rotatable bonds is 2. The van der Waals surface area contributed by atoms with Crippen LogP contribution >= 0.6 is 15.9 Å². The van der Waals surface area contributed by atoms with Gasteiger partial charge in [-0.3, -0.25) is 19.9 Å². The van der Waals surface area contributed by atoms with Crippen LogP contribution in [0, 0.1) is 11.8 Å². The van der Waals surface area contributed by atoms with E-state index in [1.807, 2.05) is 26.0 Å². The number of halogens is 1. The molecule has 0 radical (unpaired) electrons. The lowest BCUT2D eigenvalue weighted by molar-refractivity contribution is -0.138. The van der Waals surface area contributed by atoms with Crippen molar-refractivity contribution in [2.75, 3.05) is 0 Å². The Bertz CT molecular complexity index is 470. The number of nitrogens with zero attached hydrogens (tertiary/aromatic N) is 1. The monoisotopic (exact) mass is 310 g/mol. The fraction of sp³-hybridized carbons (Fsp3) is 0.462. The third-order valence-electron chi connectivity index (χ3n) is 3.25. The van der Waals surface area contributed by atoms with Crippen LogP contribution in [0.15, 0.2) is 22.8 Å². The number of imide groups is 1. The van der Waals surface area contributed by atoms with E-state index in [4.69, 9.17) is 0 Å². The lowest BCUT2D eigenvalue weighted by Gasteiger charge is -2.32. The largest absolute Gasteiger partial charge is 0.296 e. The molecular weight excluding hydrogens is 296 g/mol. The van der Waals surface area contributed by atoms with Crippen LogP contribution < -0.4 is 5.32 Å². The van der Waals surface area contributed by atoms with Crippen LogP contribution in [-0.2, 0) is 9.59 Å². The van der Waals surface area contributed by atoms with Gasteiger partial charge in [0.05, 0.1) is 0 Å². The van der Waals surface area contributed by atoms with Gasteiger partial charge in [0.15, 0.2) is 0 Å². The summed E-state index contributed by atoms with van der Waals surface area (Å²) in [6, 6.07) is 3.76. The zero-order chi connectivity index (χ0) is 13.3. The second-order valence-corrected chi connectivity index (χ2v) is 5.81. The molecule has 1 saturated heterocycles. The molecule has 1 aromatic heterocycles. The number of hydrogen-bond donors (Lipinski definition) is 1. The first kappa shape index (κ1) is 13.2. The predicted molar refractivity (Wildman–Crippen MR) is 70.8 cm³/mol. The Morgan fingerprint density at radius 2 is 2.11 bits per heavy atom. The highest BCUT2D eigenvalue weighted by molar-refractivity contribution is 9.10. The second kappa shape index (κ2) is 5.18. The van der Waals surface area contributed by atoms with Gasteiger partial charge < -0.3 is 0 Å². The summed E-state index contributed by atoms with van der Waals surface area (Å²) >= 11 is 3.33. The maximum Gasteiger partial charge on any atom is 0.230 e. The molecule has 96 valence electrons. The number of aromatic nitrogens is 1. The third kappa shape index (κ3) is 2.61. The van der Waals surface area contributed by atoms with Gasteiger partial charge in [-0.15, -0.1) is 0 Å². The smallest absolute Gasteiger partial charge is 0.230 e. The Hall–Kier alpha value is -1.23. The summed E-state index contributed by atoms with van der Waals surface area (Å²) in [6.45, 7) is 3.98. The van der Waals surface area contributed by atoms with Crippen molar-refractivity contribution >= 4 is 27.7 Å². The standard InChI is InChI=1S/C13H15BrN2O2/c1-7(2)12-9(5-11(17)16-13(12)18)10-4-3-8(14)6-15-10/h3-4,6-7,9,12H,5H2,1-2H3,(H,16,17,18). The quantitative estimate of drug-likeness (QED) is 0.852. The summed E-state index contributed by atoms with van der Waals surface area (Å²) in [5.74, 6) is -0.549. The molecule has 18 heavy (non-hydrogen) atoms. The van der Waals surface area contributed by atoms with Crippen molar-refractivity contribution < 1.29 is 9.59 Å². The van der Waals surface area contributed by atoms with Gasteiger partial charge in [-0.1, -0.05) is 13.8 Å². The summed E-state index contributed by atoms with van der Waals surface area (Å²) in [7, 11) is 0. The maximum absolute atomic E-state index is 11.9. The number of carbonyl (C=O) groups is 2. The summed E-state index contributed by atoms with van der Waals surface area (Å²) in [5, 5.41) is 2.41. The Morgan fingerprint density at radius 1 is 1.39 bits per heavy atom. The van der Waals surface area contributed by atoms with Crippen LogP contribution in [0.2, 0.25) is 0 Å². The molecule has 2 amide bonds. The third-order valence-corrected chi connectivity index (χ3v) is 3.72. The van der Waals surface area contributed by atoms with E-state index < -0.39 is 0 Å². The van der Waals surface area contributed by atoms with E-state index in [-0.39, 0.29) is 29.6 Å². The molecule has 0 saturated carbocycles. The van der Waals surface area contributed by atoms with Gasteiger partial charge in [0.25, 0.3) is 0 Å². The molecular formula is C13H15BrN2O2. The number of piperidine rings is 1. The molecule has 0 aliphatic carbocycles. The second-order valence-electron chi connectivity index (χ2n) is 4.89. The summed E-state index contributed by atoms with van der Waals surface area (Å²) in [5.41, 5.74) is 0.806. The van der Waals surface area contributed by atoms with Crippen molar-refractivity contribution in [1.29, 1.82) is 0 Å². The number of pyridine rings is 1. The molecule has 0 bridgehead atoms. The summed E-state index contributed by atoms with van der Waals surface area (Å²) in [6.07, 6.45) is 2.02. The van der Waals surface area contributed by atoms with Crippen molar-refractivity contribution in [2.24, 2.45) is 11.8 Å². The highest BCUT2D eigenvalue weighted by atomic mass is 79.9. The SMILES string of the molecule is CC(C)C1C(=O)NC(=O)CC1c1ccc(Br)cn1. The fourth-order valence-electron chi connectivity index (χ4n) is 2.44. The molecule has 2 heterocycles. The molecule has 1 aromatic rings. The van der Waals surface area contributed by atoms with Crippen molar-refractivity contribution in [2.45, 2.75) is 26.2 Å². The normalized spacial score (nSPS) is 24.2. The molecule has 2 rings (SSSR count). The van der Waals surface area contributed by atoms with E-state index in [0.717, 1.165) is 10.2 Å². The van der Waals surface area contributed by atoms with Crippen molar-refractivity contribution in [3.8, 4) is 0 Å². The minimum absolute atomic E-state index is 0.126. The first-order valence-electron chi connectivity index (χ1n) is 5.94. The molecule has 2 unspecified atom stereocenters. The van der Waals surface area contributed by atoms with Crippen LogP contribution in [0.1, 0.15) is 31.9 Å². The Labute approximate surface area is 114 Å². The van der Waals surface area contributed by atoms with Gasteiger partial charge in [-0.05, 0) is 34.0 Å². The van der Waals surface area contributed by atoms with Crippen LogP contribution in [0.3, 0.4) is 0 Å². The van der Waals surface area contributed by atoms with E-state index in [1.54, 1.807) is 6.20 Å². The minimum Gasteiger partial charge on any atom is -0.296 e. The first-order valence-corrected chi connectivity index (χ1v) is 6.73. The summed E-state index contributed by atoms with van der Waals surface area (Å²) < 4.78 is 0.888. The van der Waals surface area contributed by atoms with E-state index in [1.165, 1.54) is 0 Å². The average molecular weight is 311 g/mol. The molecule has 1 N–H and O–H groups in total. The number of carbonyl (C=O) groups excluding carboxylic acids is 2. The van der Waals surface area contributed by atoms with Gasteiger partial charge in [0, 0.05) is 34.6 Å². The van der Waals surface area contributed by atoms with Gasteiger partial charge >= 0.3 is 0 Å². The van der Waals surface area contributed by atoms with Gasteiger partial charge in [-0.2, -0.15) is 0 Å². The van der Waals surface area contributed by atoms with Crippen LogP contribution in [0.25, 0.3) is 0 Å². The van der Waals surface area contributed by atoms with Crippen molar-refractivity contribution in [1.82, 2.24) is 10.3 Å². The fourth-order valence-corrected chi connectivity index (χ4v) is 2.68. The highest BCUT2D eigenvalue weighted by Gasteiger charge is 2.39. The van der Waals surface area contributed by atoms with Crippen LogP contribution in [0.5, 0.6) is 0 Å². The number of amides is 2. The van der Waals surface area contributed by atoms with E-state index in [0.29, 0.717) is 6.42 Å². The van der Waals surface area contributed by atoms with E-state index in [2.05, 4.69) is 26.2 Å². The first-order chi connectivity index (χ1) is 8.49. The van der Waals surface area contributed by atoms with Gasteiger partial charge in [0.1, 0.15) is 0 Å². The van der Waals surface area contributed by atoms with Crippen molar-refractivity contribution in [3.63, 3.8) is 0 Å². The van der Waals surface area contributed by atoms with Crippen LogP contribution in [0.4, 0.5) is 0 Å². The predicted octanol–water partition coefficient (Wildman–Crippen LogP) is 2.25. The van der Waals surface area contributed by atoms with Gasteiger partial charge in [0.2, 0.25) is 11.8 Å². The zero-order valence-corrected chi connectivity index (χ0v) is 11.9. The van der Waals surface area contributed by atoms with E-state index >= 15 is 0 Å². The molecule has 4 nitrogen and oxygen atoms in total. The number of hydrogen-bond acceptors (Lipinski definition) is 3. The molecule has 1 fully saturated rings. The van der Waals surface area contributed by atoms with Gasteiger partial charge in [-0.25, -0.2) is 0 Å². The molecule has 0 spiro atoms. The van der Waals surface area contributed by atoms with Crippen molar-refractivity contribution in [3.05, 3.63) is 28.5 Å². The Morgan fingerprint density at radius 3 is 2.67 bits per heavy atom. The zero-order valence-electron chi connectivity index (χ0n) is 10.3. The minimum atomic E-state index is -0.216.